The largest absolute Gasteiger partial charge is 0.486 e. The number of hydrogen-bond donors (Lipinski definition) is 0. The first-order valence-electron chi connectivity index (χ1n) is 11.6. The number of carbonyl (C=O) groups excluding carboxylic acids is 1. The molecule has 3 aromatic rings. The number of piperidine rings is 1. The van der Waals surface area contributed by atoms with Crippen LogP contribution in [0.4, 0.5) is 5.69 Å². The first kappa shape index (κ1) is 21.4. The highest BCUT2D eigenvalue weighted by atomic mass is 16.5. The molecule has 172 valence electrons. The molecule has 2 aliphatic rings. The molecular formula is C26H30N4O3. The van der Waals surface area contributed by atoms with Crippen molar-refractivity contribution in [2.75, 3.05) is 24.5 Å². The summed E-state index contributed by atoms with van der Waals surface area (Å²) in [4.78, 5) is 21.7. The zero-order chi connectivity index (χ0) is 22.6. The van der Waals surface area contributed by atoms with Gasteiger partial charge in [0.05, 0.1) is 12.2 Å². The Balaban J connectivity index is 1.27. The molecule has 1 fully saturated rings. The predicted molar refractivity (Wildman–Crippen MR) is 126 cm³/mol. The lowest BCUT2D eigenvalue weighted by molar-refractivity contribution is -0.139. The molecular weight excluding hydrogens is 416 g/mol. The van der Waals surface area contributed by atoms with Gasteiger partial charge in [0.1, 0.15) is 23.9 Å². The number of rotatable bonds is 6. The van der Waals surface area contributed by atoms with Crippen LogP contribution in [0.1, 0.15) is 30.7 Å². The second-order valence-corrected chi connectivity index (χ2v) is 8.73. The molecule has 0 N–H and O–H groups in total. The Morgan fingerprint density at radius 3 is 2.64 bits per heavy atom. The molecule has 0 saturated carbocycles. The fourth-order valence-electron chi connectivity index (χ4n) is 4.50. The monoisotopic (exact) mass is 446 g/mol. The number of aryl methyl sites for hydroxylation is 1. The van der Waals surface area contributed by atoms with Gasteiger partial charge in [0.25, 0.3) is 5.91 Å². The normalized spacial score (nSPS) is 17.9. The molecule has 33 heavy (non-hydrogen) atoms. The highest BCUT2D eigenvalue weighted by molar-refractivity contribution is 5.83. The van der Waals surface area contributed by atoms with Crippen LogP contribution in [0.5, 0.6) is 11.5 Å². The van der Waals surface area contributed by atoms with E-state index >= 15 is 0 Å². The van der Waals surface area contributed by atoms with Gasteiger partial charge in [-0.15, -0.1) is 0 Å². The number of benzene rings is 2. The molecule has 3 heterocycles. The van der Waals surface area contributed by atoms with Gasteiger partial charge in [-0.3, -0.25) is 4.79 Å². The average molecular weight is 447 g/mol. The van der Waals surface area contributed by atoms with Crippen LogP contribution in [-0.2, 0) is 25.0 Å². The number of aromatic nitrogens is 2. The van der Waals surface area contributed by atoms with Crippen LogP contribution < -0.4 is 14.4 Å². The number of anilines is 1. The minimum atomic E-state index is -0.474. The molecule has 0 bridgehead atoms. The number of nitrogens with zero attached hydrogens (tertiary/aromatic N) is 4. The molecule has 2 aromatic carbocycles. The van der Waals surface area contributed by atoms with E-state index in [9.17, 15) is 4.79 Å². The lowest BCUT2D eigenvalue weighted by atomic mass is 10.1. The van der Waals surface area contributed by atoms with Gasteiger partial charge in [0.15, 0.2) is 6.10 Å². The van der Waals surface area contributed by atoms with Crippen molar-refractivity contribution in [2.45, 2.75) is 38.5 Å². The number of likely N-dealkylation sites (tertiary alicyclic amines) is 1. The van der Waals surface area contributed by atoms with Crippen LogP contribution in [-0.4, -0.2) is 46.1 Å². The van der Waals surface area contributed by atoms with Crippen molar-refractivity contribution in [1.29, 1.82) is 0 Å². The third-order valence-electron chi connectivity index (χ3n) is 6.39. The lowest BCUT2D eigenvalue weighted by Gasteiger charge is -2.38. The Hall–Kier alpha value is -3.48. The quantitative estimate of drug-likeness (QED) is 0.577. The zero-order valence-corrected chi connectivity index (χ0v) is 19.0. The van der Waals surface area contributed by atoms with E-state index in [0.717, 1.165) is 54.5 Å². The maximum atomic E-state index is 13.1. The summed E-state index contributed by atoms with van der Waals surface area (Å²) in [5.41, 5.74) is 2.18. The second-order valence-electron chi connectivity index (χ2n) is 8.73. The zero-order valence-electron chi connectivity index (χ0n) is 19.0. The summed E-state index contributed by atoms with van der Waals surface area (Å²) >= 11 is 0. The van der Waals surface area contributed by atoms with Gasteiger partial charge in [-0.05, 0) is 49.1 Å². The summed E-state index contributed by atoms with van der Waals surface area (Å²) < 4.78 is 14.0. The average Bonchev–Trinajstić information content (AvgIpc) is 3.28. The van der Waals surface area contributed by atoms with Crippen LogP contribution in [0, 0.1) is 0 Å². The van der Waals surface area contributed by atoms with Crippen LogP contribution >= 0.6 is 0 Å². The van der Waals surface area contributed by atoms with Crippen LogP contribution in [0.3, 0.4) is 0 Å². The number of hydrogen-bond acceptors (Lipinski definition) is 5. The number of ether oxygens (including phenoxy) is 2. The summed E-state index contributed by atoms with van der Waals surface area (Å²) in [5.74, 6) is 2.57. The Morgan fingerprint density at radius 1 is 1.09 bits per heavy atom. The van der Waals surface area contributed by atoms with Crippen LogP contribution in [0.2, 0.25) is 0 Å². The van der Waals surface area contributed by atoms with Crippen molar-refractivity contribution in [1.82, 2.24) is 14.5 Å². The molecule has 1 saturated heterocycles. The molecule has 5 rings (SSSR count). The summed E-state index contributed by atoms with van der Waals surface area (Å²) in [6.45, 7) is 3.34. The summed E-state index contributed by atoms with van der Waals surface area (Å²) in [6.07, 6.45) is 6.56. The van der Waals surface area contributed by atoms with E-state index in [0.29, 0.717) is 19.7 Å². The summed E-state index contributed by atoms with van der Waals surface area (Å²) in [6, 6.07) is 16.1. The van der Waals surface area contributed by atoms with Gasteiger partial charge in [-0.2, -0.15) is 0 Å². The third-order valence-corrected chi connectivity index (χ3v) is 6.39. The van der Waals surface area contributed by atoms with Crippen molar-refractivity contribution >= 4 is 11.6 Å². The number of para-hydroxylation sites is 2. The molecule has 0 radical (unpaired) electrons. The summed E-state index contributed by atoms with van der Waals surface area (Å²) in [5, 5.41) is 0. The van der Waals surface area contributed by atoms with Crippen molar-refractivity contribution in [3.05, 3.63) is 72.3 Å². The first-order chi connectivity index (χ1) is 16.2. The van der Waals surface area contributed by atoms with Crippen molar-refractivity contribution < 1.29 is 14.3 Å². The van der Waals surface area contributed by atoms with Crippen molar-refractivity contribution in [2.24, 2.45) is 7.05 Å². The maximum absolute atomic E-state index is 13.1. The number of fused-ring (bicyclic) bond motifs is 1. The molecule has 7 nitrogen and oxygen atoms in total. The van der Waals surface area contributed by atoms with Gasteiger partial charge in [-0.1, -0.05) is 24.3 Å². The summed E-state index contributed by atoms with van der Waals surface area (Å²) in [7, 11) is 1.96. The minimum absolute atomic E-state index is 0.104. The highest BCUT2D eigenvalue weighted by Gasteiger charge is 2.33. The topological polar surface area (TPSA) is 59.8 Å². The molecule has 0 aliphatic carbocycles. The number of carbonyl (C=O) groups is 1. The number of imidazole rings is 1. The van der Waals surface area contributed by atoms with E-state index in [2.05, 4.69) is 28.1 Å². The van der Waals surface area contributed by atoms with Gasteiger partial charge >= 0.3 is 0 Å². The van der Waals surface area contributed by atoms with E-state index in [1.54, 1.807) is 6.20 Å². The van der Waals surface area contributed by atoms with Gasteiger partial charge in [0.2, 0.25) is 0 Å². The second kappa shape index (κ2) is 9.57. The Labute approximate surface area is 194 Å². The Kier molecular flexibility index (Phi) is 6.19. The van der Waals surface area contributed by atoms with Gasteiger partial charge in [-0.25, -0.2) is 4.98 Å². The van der Waals surface area contributed by atoms with E-state index < -0.39 is 6.10 Å². The Morgan fingerprint density at radius 2 is 1.88 bits per heavy atom. The standard InChI is InChI=1S/C26H30N4O3/c1-28-16-13-27-25(28)19-32-21-11-9-20(10-12-21)17-30-18-24(26(31)29-14-5-2-6-15-29)33-23-8-4-3-7-22(23)30/h3-4,7-13,16,24H,2,5-6,14-15,17-19H2,1H3. The fourth-order valence-corrected chi connectivity index (χ4v) is 4.50. The SMILES string of the molecule is Cn1ccnc1COc1ccc(CN2CC(C(=O)N3CCCCC3)Oc3ccccc32)cc1. The van der Waals surface area contributed by atoms with Crippen LogP contribution in [0.25, 0.3) is 0 Å². The van der Waals surface area contributed by atoms with E-state index in [1.807, 2.05) is 53.0 Å². The molecule has 1 amide bonds. The minimum Gasteiger partial charge on any atom is -0.486 e. The van der Waals surface area contributed by atoms with E-state index in [-0.39, 0.29) is 5.91 Å². The van der Waals surface area contributed by atoms with Crippen molar-refractivity contribution in [3.8, 4) is 11.5 Å². The smallest absolute Gasteiger partial charge is 0.265 e. The molecule has 1 unspecified atom stereocenters. The van der Waals surface area contributed by atoms with E-state index in [1.165, 1.54) is 6.42 Å². The Bertz CT molecular complexity index is 1090. The van der Waals surface area contributed by atoms with Gasteiger partial charge < -0.3 is 23.8 Å². The lowest BCUT2D eigenvalue weighted by Crippen LogP contribution is -2.51. The molecule has 1 aromatic heterocycles. The van der Waals surface area contributed by atoms with Gasteiger partial charge in [0, 0.05) is 39.1 Å². The van der Waals surface area contributed by atoms with Crippen LogP contribution in [0.15, 0.2) is 60.9 Å². The fraction of sp³-hybridized carbons (Fsp3) is 0.385. The maximum Gasteiger partial charge on any atom is 0.265 e. The predicted octanol–water partition coefficient (Wildman–Crippen LogP) is 3.78. The highest BCUT2D eigenvalue weighted by Crippen LogP contribution is 2.35. The molecule has 0 spiro atoms. The number of amides is 1. The third kappa shape index (κ3) is 4.82. The molecule has 2 aliphatic heterocycles. The first-order valence-corrected chi connectivity index (χ1v) is 11.6. The van der Waals surface area contributed by atoms with E-state index in [4.69, 9.17) is 9.47 Å². The molecule has 1 atom stereocenters. The molecule has 7 heteroatoms. The van der Waals surface area contributed by atoms with Crippen molar-refractivity contribution in [3.63, 3.8) is 0 Å².